The molecule has 46 heavy (non-hydrogen) atoms. The molecule has 0 amide bonds. The molecule has 0 N–H and O–H groups in total. The van der Waals surface area contributed by atoms with Crippen molar-refractivity contribution in [1.29, 1.82) is 0 Å². The van der Waals surface area contributed by atoms with E-state index in [-0.39, 0.29) is 5.78 Å². The Morgan fingerprint density at radius 3 is 1.85 bits per heavy atom. The Morgan fingerprint density at radius 2 is 1.26 bits per heavy atom. The fourth-order valence-electron chi connectivity index (χ4n) is 6.08. The quantitative estimate of drug-likeness (QED) is 0.179. The van der Waals surface area contributed by atoms with Crippen LogP contribution < -0.4 is 0 Å². The maximum atomic E-state index is 12.2. The zero-order chi connectivity index (χ0) is 31.5. The lowest BCUT2D eigenvalue weighted by molar-refractivity contribution is 0.101. The highest BCUT2D eigenvalue weighted by molar-refractivity contribution is 5.97. The van der Waals surface area contributed by atoms with Crippen molar-refractivity contribution in [2.75, 3.05) is 0 Å². The first kappa shape index (κ1) is 29.2. The highest BCUT2D eigenvalue weighted by atomic mass is 16.1. The van der Waals surface area contributed by atoms with Gasteiger partial charge < -0.3 is 0 Å². The van der Waals surface area contributed by atoms with Crippen molar-refractivity contribution in [2.24, 2.45) is 0 Å². The number of pyridine rings is 3. The number of benzene rings is 4. The summed E-state index contributed by atoms with van der Waals surface area (Å²) in [6.07, 6.45) is 8.76. The topological polar surface area (TPSA) is 55.7 Å². The molecular formula is C42H35N3O. The molecule has 1 aliphatic rings. The van der Waals surface area contributed by atoms with Gasteiger partial charge in [0, 0.05) is 52.5 Å². The molecule has 1 aliphatic carbocycles. The van der Waals surface area contributed by atoms with Crippen LogP contribution in [0.25, 0.3) is 44.1 Å². The van der Waals surface area contributed by atoms with E-state index in [0.717, 1.165) is 44.5 Å². The van der Waals surface area contributed by atoms with Gasteiger partial charge in [-0.05, 0) is 72.7 Å². The second-order valence-corrected chi connectivity index (χ2v) is 12.1. The van der Waals surface area contributed by atoms with Crippen molar-refractivity contribution in [3.8, 4) is 22.5 Å². The highest BCUT2D eigenvalue weighted by Crippen LogP contribution is 2.40. The van der Waals surface area contributed by atoms with Crippen LogP contribution >= 0.6 is 0 Å². The van der Waals surface area contributed by atoms with Gasteiger partial charge in [0.05, 0.1) is 17.1 Å². The van der Waals surface area contributed by atoms with Gasteiger partial charge in [0.25, 0.3) is 0 Å². The molecule has 0 radical (unpaired) electrons. The van der Waals surface area contributed by atoms with E-state index in [1.54, 1.807) is 6.92 Å². The molecular weight excluding hydrogens is 562 g/mol. The van der Waals surface area contributed by atoms with Crippen LogP contribution in [0.2, 0.25) is 0 Å². The van der Waals surface area contributed by atoms with E-state index >= 15 is 0 Å². The van der Waals surface area contributed by atoms with E-state index in [0.29, 0.717) is 12.3 Å². The number of rotatable bonds is 6. The number of carbonyl (C=O) groups excluding carboxylic acids is 1. The lowest BCUT2D eigenvalue weighted by Gasteiger charge is -2.11. The molecule has 8 rings (SSSR count). The van der Waals surface area contributed by atoms with E-state index in [1.807, 2.05) is 61.1 Å². The fraction of sp³-hybridized carbons (Fsp3) is 0.143. The van der Waals surface area contributed by atoms with Crippen molar-refractivity contribution >= 4 is 27.3 Å². The van der Waals surface area contributed by atoms with Gasteiger partial charge in [0.1, 0.15) is 0 Å². The molecule has 4 aromatic carbocycles. The first-order chi connectivity index (χ1) is 22.5. The number of carbonyl (C=O) groups is 1. The fourth-order valence-corrected chi connectivity index (χ4v) is 6.08. The molecule has 0 bridgehead atoms. The number of ketones is 1. The van der Waals surface area contributed by atoms with Gasteiger partial charge >= 0.3 is 0 Å². The van der Waals surface area contributed by atoms with E-state index in [1.165, 1.54) is 40.3 Å². The number of aromatic nitrogens is 3. The molecule has 1 saturated carbocycles. The highest BCUT2D eigenvalue weighted by Gasteiger charge is 2.25. The molecule has 0 spiro atoms. The summed E-state index contributed by atoms with van der Waals surface area (Å²) in [7, 11) is 0. The Balaban J connectivity index is 0.000000169. The molecule has 1 fully saturated rings. The average molecular weight is 598 g/mol. The molecule has 4 nitrogen and oxygen atoms in total. The van der Waals surface area contributed by atoms with Crippen LogP contribution in [-0.2, 0) is 6.42 Å². The second kappa shape index (κ2) is 12.9. The van der Waals surface area contributed by atoms with Crippen LogP contribution in [0.5, 0.6) is 0 Å². The summed E-state index contributed by atoms with van der Waals surface area (Å²) in [4.78, 5) is 26.0. The van der Waals surface area contributed by atoms with Gasteiger partial charge in [-0.2, -0.15) is 0 Å². The number of aryl methyl sites for hydroxylation is 1. The maximum absolute atomic E-state index is 12.2. The van der Waals surface area contributed by atoms with Crippen molar-refractivity contribution in [3.63, 3.8) is 0 Å². The predicted molar refractivity (Wildman–Crippen MR) is 188 cm³/mol. The smallest absolute Gasteiger partial charge is 0.161 e. The maximum Gasteiger partial charge on any atom is 0.161 e. The Bertz CT molecular complexity index is 2170. The molecule has 0 saturated heterocycles. The molecule has 0 unspecified atom stereocenters. The lowest BCUT2D eigenvalue weighted by Crippen LogP contribution is -2.05. The second-order valence-electron chi connectivity index (χ2n) is 12.1. The Hall–Kier alpha value is -5.48. The van der Waals surface area contributed by atoms with Gasteiger partial charge in [0.2, 0.25) is 0 Å². The van der Waals surface area contributed by atoms with Crippen molar-refractivity contribution < 1.29 is 4.79 Å². The molecule has 3 heterocycles. The zero-order valence-corrected chi connectivity index (χ0v) is 26.2. The summed E-state index contributed by atoms with van der Waals surface area (Å²) in [6.45, 7) is 3.75. The largest absolute Gasteiger partial charge is 0.294 e. The monoisotopic (exact) mass is 597 g/mol. The molecule has 7 aromatic rings. The summed E-state index contributed by atoms with van der Waals surface area (Å²) in [5.74, 6) is 0.686. The molecule has 4 heteroatoms. The molecule has 0 atom stereocenters. The van der Waals surface area contributed by atoms with Crippen molar-refractivity contribution in [2.45, 2.75) is 39.0 Å². The SMILES string of the molecule is CC(=O)c1cc(C2CC2)cnc1Cc1ccc2c(-c3ccccc3)nccc2c1.Cc1ccc2c(-c3ccccc3)nccc2c1. The van der Waals surface area contributed by atoms with Gasteiger partial charge in [-0.3, -0.25) is 19.7 Å². The number of Topliss-reactive ketones (excluding diaryl/α,β-unsaturated/α-hetero) is 1. The third kappa shape index (κ3) is 6.33. The summed E-state index contributed by atoms with van der Waals surface area (Å²) < 4.78 is 0. The van der Waals surface area contributed by atoms with Crippen molar-refractivity contribution in [3.05, 3.63) is 162 Å². The standard InChI is InChI=1S/C26H22N2O.C16H13N/c1-17(29)24-15-22(19-8-9-19)16-28-25(24)14-18-7-10-23-21(13-18)11-12-27-26(23)20-5-3-2-4-6-20;1-12-7-8-15-14(11-12)9-10-17-16(15)13-5-3-2-4-6-13/h2-7,10-13,15-16,19H,8-9,14H2,1H3;2-11H,1H3. The van der Waals surface area contributed by atoms with Crippen LogP contribution in [0.15, 0.2) is 134 Å². The minimum absolute atomic E-state index is 0.0892. The van der Waals surface area contributed by atoms with E-state index < -0.39 is 0 Å². The van der Waals surface area contributed by atoms with Crippen LogP contribution in [0.3, 0.4) is 0 Å². The Labute approximate surface area is 269 Å². The van der Waals surface area contributed by atoms with Gasteiger partial charge in [-0.25, -0.2) is 0 Å². The average Bonchev–Trinajstić information content (AvgIpc) is 3.95. The summed E-state index contributed by atoms with van der Waals surface area (Å²) in [6, 6.07) is 39.6. The van der Waals surface area contributed by atoms with E-state index in [9.17, 15) is 4.79 Å². The van der Waals surface area contributed by atoms with Crippen molar-refractivity contribution in [1.82, 2.24) is 15.0 Å². The summed E-state index contributed by atoms with van der Waals surface area (Å²) in [5.41, 5.74) is 9.58. The lowest BCUT2D eigenvalue weighted by atomic mass is 9.97. The van der Waals surface area contributed by atoms with Gasteiger partial charge in [-0.15, -0.1) is 0 Å². The number of hydrogen-bond donors (Lipinski definition) is 0. The zero-order valence-electron chi connectivity index (χ0n) is 26.2. The predicted octanol–water partition coefficient (Wildman–Crippen LogP) is 10.2. The first-order valence-corrected chi connectivity index (χ1v) is 15.9. The van der Waals surface area contributed by atoms with Gasteiger partial charge in [-0.1, -0.05) is 103 Å². The number of fused-ring (bicyclic) bond motifs is 2. The van der Waals surface area contributed by atoms with Crippen LogP contribution in [0.1, 0.15) is 58.4 Å². The normalized spacial score (nSPS) is 12.5. The molecule has 224 valence electrons. The minimum Gasteiger partial charge on any atom is -0.294 e. The molecule has 3 aromatic heterocycles. The summed E-state index contributed by atoms with van der Waals surface area (Å²) in [5, 5.41) is 4.74. The third-order valence-electron chi connectivity index (χ3n) is 8.63. The van der Waals surface area contributed by atoms with Crippen LogP contribution in [-0.4, -0.2) is 20.7 Å². The Kier molecular flexibility index (Phi) is 8.18. The number of nitrogens with zero attached hydrogens (tertiary/aromatic N) is 3. The van der Waals surface area contributed by atoms with Gasteiger partial charge in [0.15, 0.2) is 5.78 Å². The Morgan fingerprint density at radius 1 is 0.674 bits per heavy atom. The van der Waals surface area contributed by atoms with E-state index in [2.05, 4.69) is 94.7 Å². The summed E-state index contributed by atoms with van der Waals surface area (Å²) >= 11 is 0. The number of hydrogen-bond acceptors (Lipinski definition) is 4. The minimum atomic E-state index is 0.0892. The van der Waals surface area contributed by atoms with Crippen LogP contribution in [0.4, 0.5) is 0 Å². The third-order valence-corrected chi connectivity index (χ3v) is 8.63. The van der Waals surface area contributed by atoms with Crippen LogP contribution in [0, 0.1) is 6.92 Å². The first-order valence-electron chi connectivity index (χ1n) is 15.9. The van der Waals surface area contributed by atoms with E-state index in [4.69, 9.17) is 0 Å². The molecule has 0 aliphatic heterocycles.